The van der Waals surface area contributed by atoms with Crippen molar-refractivity contribution in [2.24, 2.45) is 11.7 Å². The van der Waals surface area contributed by atoms with Crippen molar-refractivity contribution in [2.75, 3.05) is 26.2 Å². The normalized spacial score (nSPS) is 19.3. The van der Waals surface area contributed by atoms with Gasteiger partial charge in [0.15, 0.2) is 0 Å². The second-order valence-electron chi connectivity index (χ2n) is 4.55. The monoisotopic (exact) mass is 210 g/mol. The maximum absolute atomic E-state index is 5.60. The summed E-state index contributed by atoms with van der Waals surface area (Å²) in [6.07, 6.45) is 11.0. The van der Waals surface area contributed by atoms with E-state index >= 15 is 0 Å². The van der Waals surface area contributed by atoms with Crippen molar-refractivity contribution in [1.29, 1.82) is 0 Å². The Kier molecular flexibility index (Phi) is 6.69. The van der Waals surface area contributed by atoms with Crippen molar-refractivity contribution in [3.63, 3.8) is 0 Å². The van der Waals surface area contributed by atoms with Crippen molar-refractivity contribution in [1.82, 2.24) is 4.90 Å². The molecule has 0 aromatic heterocycles. The quantitative estimate of drug-likeness (QED) is 0.654. The fraction of sp³-hybridized carbons (Fsp3) is 0.846. The Hall–Kier alpha value is -0.340. The van der Waals surface area contributed by atoms with E-state index < -0.39 is 0 Å². The van der Waals surface area contributed by atoms with Gasteiger partial charge in [-0.2, -0.15) is 0 Å². The summed E-state index contributed by atoms with van der Waals surface area (Å²) >= 11 is 0. The zero-order valence-corrected chi connectivity index (χ0v) is 10.1. The molecular formula is C13H26N2. The zero-order chi connectivity index (χ0) is 10.9. The van der Waals surface area contributed by atoms with Crippen LogP contribution in [-0.2, 0) is 0 Å². The highest BCUT2D eigenvalue weighted by atomic mass is 15.1. The largest absolute Gasteiger partial charge is 0.330 e. The predicted octanol–water partition coefficient (Wildman–Crippen LogP) is 2.40. The summed E-state index contributed by atoms with van der Waals surface area (Å²) < 4.78 is 0. The summed E-state index contributed by atoms with van der Waals surface area (Å²) in [7, 11) is 0. The van der Waals surface area contributed by atoms with Gasteiger partial charge >= 0.3 is 0 Å². The number of hydrogen-bond donors (Lipinski definition) is 1. The Morgan fingerprint density at radius 1 is 1.33 bits per heavy atom. The van der Waals surface area contributed by atoms with Gasteiger partial charge in [0.05, 0.1) is 0 Å². The van der Waals surface area contributed by atoms with E-state index in [9.17, 15) is 0 Å². The fourth-order valence-electron chi connectivity index (χ4n) is 2.28. The third kappa shape index (κ3) is 5.33. The van der Waals surface area contributed by atoms with Crippen LogP contribution in [0.2, 0.25) is 0 Å². The molecular weight excluding hydrogens is 184 g/mol. The molecule has 1 aliphatic rings. The summed E-state index contributed by atoms with van der Waals surface area (Å²) in [5.41, 5.74) is 5.60. The molecule has 0 amide bonds. The molecule has 0 bridgehead atoms. The molecule has 1 heterocycles. The summed E-state index contributed by atoms with van der Waals surface area (Å²) in [5.74, 6) is 0.857. The smallest absolute Gasteiger partial charge is 0.0163 e. The van der Waals surface area contributed by atoms with Gasteiger partial charge in [0.2, 0.25) is 0 Å². The van der Waals surface area contributed by atoms with E-state index in [1.165, 1.54) is 45.2 Å². The van der Waals surface area contributed by atoms with Gasteiger partial charge in [-0.15, -0.1) is 0 Å². The lowest BCUT2D eigenvalue weighted by atomic mass is 9.96. The molecule has 0 saturated heterocycles. The number of nitrogens with two attached hydrogens (primary N) is 1. The number of nitrogens with zero attached hydrogens (tertiary/aromatic N) is 1. The fourth-order valence-corrected chi connectivity index (χ4v) is 2.28. The van der Waals surface area contributed by atoms with Crippen LogP contribution < -0.4 is 5.73 Å². The van der Waals surface area contributed by atoms with Gasteiger partial charge in [-0.3, -0.25) is 4.90 Å². The molecule has 1 unspecified atom stereocenters. The van der Waals surface area contributed by atoms with Crippen molar-refractivity contribution in [3.05, 3.63) is 12.2 Å². The molecule has 1 rings (SSSR count). The van der Waals surface area contributed by atoms with Gasteiger partial charge in [0, 0.05) is 13.1 Å². The van der Waals surface area contributed by atoms with Crippen LogP contribution in [0.25, 0.3) is 0 Å². The van der Waals surface area contributed by atoms with E-state index in [1.807, 2.05) is 0 Å². The Bertz CT molecular complexity index is 177. The minimum atomic E-state index is 0.852. The van der Waals surface area contributed by atoms with Crippen LogP contribution in [0, 0.1) is 5.92 Å². The molecule has 15 heavy (non-hydrogen) atoms. The molecule has 0 fully saturated rings. The van der Waals surface area contributed by atoms with E-state index in [1.54, 1.807) is 0 Å². The Labute approximate surface area is 94.5 Å². The van der Waals surface area contributed by atoms with Crippen LogP contribution in [0.5, 0.6) is 0 Å². The molecule has 0 radical (unpaired) electrons. The molecule has 1 atom stereocenters. The molecule has 2 N–H and O–H groups in total. The van der Waals surface area contributed by atoms with Crippen molar-refractivity contribution in [2.45, 2.75) is 39.0 Å². The average molecular weight is 210 g/mol. The van der Waals surface area contributed by atoms with E-state index in [0.717, 1.165) is 19.0 Å². The molecule has 0 aromatic rings. The molecule has 0 saturated carbocycles. The van der Waals surface area contributed by atoms with E-state index in [4.69, 9.17) is 5.73 Å². The summed E-state index contributed by atoms with van der Waals surface area (Å²) in [6.45, 7) is 6.82. The van der Waals surface area contributed by atoms with Gasteiger partial charge in [0.1, 0.15) is 0 Å². The lowest BCUT2D eigenvalue weighted by molar-refractivity contribution is 0.278. The first kappa shape index (κ1) is 12.7. The highest BCUT2D eigenvalue weighted by Crippen LogP contribution is 2.15. The van der Waals surface area contributed by atoms with Gasteiger partial charge in [-0.05, 0) is 44.7 Å². The van der Waals surface area contributed by atoms with E-state index in [2.05, 4.69) is 24.0 Å². The third-order valence-corrected chi connectivity index (χ3v) is 3.38. The number of hydrogen-bond acceptors (Lipinski definition) is 2. The Morgan fingerprint density at radius 2 is 2.20 bits per heavy atom. The van der Waals surface area contributed by atoms with Crippen LogP contribution in [0.15, 0.2) is 12.2 Å². The SMILES string of the molecule is CCC(CCN)CCCN1CC=CCC1. The molecule has 0 spiro atoms. The Balaban J connectivity index is 2.06. The van der Waals surface area contributed by atoms with Crippen molar-refractivity contribution < 1.29 is 0 Å². The maximum atomic E-state index is 5.60. The van der Waals surface area contributed by atoms with Gasteiger partial charge in [-0.25, -0.2) is 0 Å². The first-order chi connectivity index (χ1) is 7.36. The minimum absolute atomic E-state index is 0.852. The molecule has 2 heteroatoms. The van der Waals surface area contributed by atoms with E-state index in [0.29, 0.717) is 0 Å². The van der Waals surface area contributed by atoms with Crippen LogP contribution in [-0.4, -0.2) is 31.1 Å². The topological polar surface area (TPSA) is 29.3 Å². The second-order valence-corrected chi connectivity index (χ2v) is 4.55. The third-order valence-electron chi connectivity index (χ3n) is 3.38. The van der Waals surface area contributed by atoms with Crippen LogP contribution in [0.3, 0.4) is 0 Å². The standard InChI is InChI=1S/C13H26N2/c1-2-13(8-9-14)7-6-12-15-10-4-3-5-11-15/h3-4,13H,2,5-12,14H2,1H3. The molecule has 0 aliphatic carbocycles. The van der Waals surface area contributed by atoms with Gasteiger partial charge in [-0.1, -0.05) is 25.5 Å². The average Bonchev–Trinajstić information content (AvgIpc) is 2.29. The predicted molar refractivity (Wildman–Crippen MR) is 66.9 cm³/mol. The van der Waals surface area contributed by atoms with Crippen LogP contribution in [0.1, 0.15) is 39.0 Å². The molecule has 2 nitrogen and oxygen atoms in total. The van der Waals surface area contributed by atoms with Crippen molar-refractivity contribution in [3.8, 4) is 0 Å². The van der Waals surface area contributed by atoms with Crippen LogP contribution >= 0.6 is 0 Å². The second kappa shape index (κ2) is 7.89. The Morgan fingerprint density at radius 3 is 2.80 bits per heavy atom. The molecule has 0 aromatic carbocycles. The minimum Gasteiger partial charge on any atom is -0.330 e. The van der Waals surface area contributed by atoms with Crippen molar-refractivity contribution >= 4 is 0 Å². The highest BCUT2D eigenvalue weighted by molar-refractivity contribution is 4.90. The first-order valence-electron chi connectivity index (χ1n) is 6.44. The first-order valence-corrected chi connectivity index (χ1v) is 6.44. The summed E-state index contributed by atoms with van der Waals surface area (Å²) in [4.78, 5) is 2.55. The lowest BCUT2D eigenvalue weighted by Gasteiger charge is -2.23. The van der Waals surface area contributed by atoms with Gasteiger partial charge in [0.25, 0.3) is 0 Å². The summed E-state index contributed by atoms with van der Waals surface area (Å²) in [5, 5.41) is 0. The maximum Gasteiger partial charge on any atom is 0.0163 e. The van der Waals surface area contributed by atoms with E-state index in [-0.39, 0.29) is 0 Å². The lowest BCUT2D eigenvalue weighted by Crippen LogP contribution is -2.28. The molecule has 88 valence electrons. The number of rotatable bonds is 7. The summed E-state index contributed by atoms with van der Waals surface area (Å²) in [6, 6.07) is 0. The van der Waals surface area contributed by atoms with Gasteiger partial charge < -0.3 is 5.73 Å². The van der Waals surface area contributed by atoms with Crippen LogP contribution in [0.4, 0.5) is 0 Å². The zero-order valence-electron chi connectivity index (χ0n) is 10.1. The highest BCUT2D eigenvalue weighted by Gasteiger charge is 2.08. The molecule has 1 aliphatic heterocycles.